The lowest BCUT2D eigenvalue weighted by Crippen LogP contribution is -2.32. The van der Waals surface area contributed by atoms with Crippen molar-refractivity contribution < 1.29 is 13.5 Å². The number of anilines is 1. The fraction of sp³-hybridized carbons (Fsp3) is 0.500. The number of hydrogen-bond donors (Lipinski definition) is 2. The number of benzene rings is 1. The molecule has 0 bridgehead atoms. The fourth-order valence-corrected chi connectivity index (χ4v) is 3.80. The maximum Gasteiger partial charge on any atom is 0.155 e. The first-order chi connectivity index (χ1) is 7.87. The van der Waals surface area contributed by atoms with E-state index < -0.39 is 22.0 Å². The van der Waals surface area contributed by atoms with Crippen LogP contribution in [0.3, 0.4) is 0 Å². The van der Waals surface area contributed by atoms with Crippen molar-refractivity contribution in [2.24, 2.45) is 0 Å². The summed E-state index contributed by atoms with van der Waals surface area (Å²) in [5.41, 5.74) is 3.05. The summed E-state index contributed by atoms with van der Waals surface area (Å²) >= 11 is 0. The zero-order valence-corrected chi connectivity index (χ0v) is 10.8. The largest absolute Gasteiger partial charge is 0.390 e. The lowest BCUT2D eigenvalue weighted by molar-refractivity contribution is 0.190. The predicted octanol–water partition coefficient (Wildman–Crippen LogP) is 0.873. The third kappa shape index (κ3) is 2.79. The summed E-state index contributed by atoms with van der Waals surface area (Å²) in [4.78, 5) is 0. The van der Waals surface area contributed by atoms with Crippen LogP contribution in [0.5, 0.6) is 0 Å². The molecule has 1 heterocycles. The van der Waals surface area contributed by atoms with Crippen LogP contribution in [0.25, 0.3) is 0 Å². The van der Waals surface area contributed by atoms with Gasteiger partial charge in [-0.15, -0.1) is 0 Å². The molecule has 1 aliphatic rings. The summed E-state index contributed by atoms with van der Waals surface area (Å²) in [5, 5.41) is 12.8. The van der Waals surface area contributed by atoms with Gasteiger partial charge >= 0.3 is 0 Å². The van der Waals surface area contributed by atoms with Crippen molar-refractivity contribution >= 4 is 15.5 Å². The van der Waals surface area contributed by atoms with Crippen LogP contribution in [0.15, 0.2) is 18.2 Å². The average Bonchev–Trinajstić information content (AvgIpc) is 2.46. The molecule has 2 N–H and O–H groups in total. The first kappa shape index (κ1) is 12.4. The van der Waals surface area contributed by atoms with E-state index in [4.69, 9.17) is 0 Å². The van der Waals surface area contributed by atoms with E-state index in [0.717, 1.165) is 16.8 Å². The minimum absolute atomic E-state index is 0.00154. The monoisotopic (exact) mass is 255 g/mol. The molecule has 5 heteroatoms. The van der Waals surface area contributed by atoms with E-state index in [2.05, 4.69) is 5.32 Å². The van der Waals surface area contributed by atoms with Crippen LogP contribution < -0.4 is 5.32 Å². The van der Waals surface area contributed by atoms with Gasteiger partial charge in [0.15, 0.2) is 9.84 Å². The van der Waals surface area contributed by atoms with Gasteiger partial charge in [-0.25, -0.2) is 8.42 Å². The molecule has 1 fully saturated rings. The zero-order chi connectivity index (χ0) is 12.6. The number of aliphatic hydroxyl groups excluding tert-OH is 1. The van der Waals surface area contributed by atoms with Gasteiger partial charge in [-0.05, 0) is 31.0 Å². The van der Waals surface area contributed by atoms with E-state index in [1.807, 2.05) is 32.0 Å². The Morgan fingerprint density at radius 1 is 1.29 bits per heavy atom. The number of aliphatic hydroxyl groups is 1. The number of rotatable bonds is 2. The Morgan fingerprint density at radius 3 is 2.59 bits per heavy atom. The maximum absolute atomic E-state index is 11.4. The molecular formula is C12H17NO3S. The van der Waals surface area contributed by atoms with E-state index in [1.54, 1.807) is 0 Å². The second-order valence-corrected chi connectivity index (χ2v) is 6.87. The van der Waals surface area contributed by atoms with Gasteiger partial charge in [0.1, 0.15) is 0 Å². The van der Waals surface area contributed by atoms with Crippen LogP contribution in [-0.4, -0.2) is 37.2 Å². The van der Waals surface area contributed by atoms with Crippen molar-refractivity contribution in [3.63, 3.8) is 0 Å². The topological polar surface area (TPSA) is 66.4 Å². The predicted molar refractivity (Wildman–Crippen MR) is 68.0 cm³/mol. The molecule has 0 spiro atoms. The van der Waals surface area contributed by atoms with Crippen LogP contribution in [0, 0.1) is 13.8 Å². The zero-order valence-electron chi connectivity index (χ0n) is 9.97. The third-order valence-corrected chi connectivity index (χ3v) is 4.77. The first-order valence-electron chi connectivity index (χ1n) is 5.60. The van der Waals surface area contributed by atoms with Gasteiger partial charge in [0.25, 0.3) is 0 Å². The second-order valence-electron chi connectivity index (χ2n) is 4.71. The third-order valence-electron chi connectivity index (χ3n) is 3.06. The summed E-state index contributed by atoms with van der Waals surface area (Å²) in [5.74, 6) is -0.142. The fourth-order valence-electron chi connectivity index (χ4n) is 2.06. The van der Waals surface area contributed by atoms with Gasteiger partial charge in [-0.1, -0.05) is 12.1 Å². The van der Waals surface area contributed by atoms with Gasteiger partial charge in [0.2, 0.25) is 0 Å². The summed E-state index contributed by atoms with van der Waals surface area (Å²) in [6, 6.07) is 5.54. The summed E-state index contributed by atoms with van der Waals surface area (Å²) in [6.45, 7) is 3.93. The molecule has 0 aliphatic carbocycles. The molecule has 94 valence electrons. The molecule has 0 aromatic heterocycles. The average molecular weight is 255 g/mol. The smallest absolute Gasteiger partial charge is 0.155 e. The Kier molecular flexibility index (Phi) is 3.14. The van der Waals surface area contributed by atoms with E-state index in [9.17, 15) is 13.5 Å². The molecule has 0 radical (unpaired) electrons. The molecule has 2 rings (SSSR count). The van der Waals surface area contributed by atoms with Crippen LogP contribution in [0.1, 0.15) is 11.1 Å². The van der Waals surface area contributed by atoms with E-state index in [-0.39, 0.29) is 11.5 Å². The van der Waals surface area contributed by atoms with Crippen molar-refractivity contribution in [3.8, 4) is 0 Å². The van der Waals surface area contributed by atoms with Gasteiger partial charge in [0, 0.05) is 5.69 Å². The molecule has 0 amide bonds. The number of nitrogens with one attached hydrogen (secondary N) is 1. The summed E-state index contributed by atoms with van der Waals surface area (Å²) in [7, 11) is -3.10. The van der Waals surface area contributed by atoms with E-state index in [1.165, 1.54) is 0 Å². The normalized spacial score (nSPS) is 27.0. The highest BCUT2D eigenvalue weighted by molar-refractivity contribution is 7.91. The van der Waals surface area contributed by atoms with Crippen LogP contribution in [0.4, 0.5) is 5.69 Å². The highest BCUT2D eigenvalue weighted by atomic mass is 32.2. The first-order valence-corrected chi connectivity index (χ1v) is 7.42. The Bertz CT molecular complexity index is 525. The molecule has 17 heavy (non-hydrogen) atoms. The van der Waals surface area contributed by atoms with Gasteiger partial charge in [0.05, 0.1) is 23.7 Å². The Hall–Kier alpha value is -1.07. The second kappa shape index (κ2) is 4.31. The molecule has 1 aromatic rings. The van der Waals surface area contributed by atoms with Crippen molar-refractivity contribution in [2.75, 3.05) is 16.8 Å². The van der Waals surface area contributed by atoms with Gasteiger partial charge in [-0.2, -0.15) is 0 Å². The molecule has 2 unspecified atom stereocenters. The van der Waals surface area contributed by atoms with Gasteiger partial charge < -0.3 is 10.4 Å². The van der Waals surface area contributed by atoms with Crippen molar-refractivity contribution in [1.82, 2.24) is 0 Å². The van der Waals surface area contributed by atoms with Crippen LogP contribution in [-0.2, 0) is 9.84 Å². The summed E-state index contributed by atoms with van der Waals surface area (Å²) < 4.78 is 22.8. The molecular weight excluding hydrogens is 238 g/mol. The van der Waals surface area contributed by atoms with Crippen molar-refractivity contribution in [3.05, 3.63) is 29.3 Å². The quantitative estimate of drug-likeness (QED) is 0.823. The number of hydrogen-bond acceptors (Lipinski definition) is 4. The van der Waals surface area contributed by atoms with Crippen molar-refractivity contribution in [2.45, 2.75) is 26.0 Å². The van der Waals surface area contributed by atoms with E-state index >= 15 is 0 Å². The molecule has 2 atom stereocenters. The van der Waals surface area contributed by atoms with Gasteiger partial charge in [-0.3, -0.25) is 0 Å². The van der Waals surface area contributed by atoms with E-state index in [0.29, 0.717) is 0 Å². The highest BCUT2D eigenvalue weighted by Crippen LogP contribution is 2.22. The Morgan fingerprint density at radius 2 is 2.00 bits per heavy atom. The van der Waals surface area contributed by atoms with Crippen LogP contribution >= 0.6 is 0 Å². The lowest BCUT2D eigenvalue weighted by Gasteiger charge is -2.18. The molecule has 1 saturated heterocycles. The highest BCUT2D eigenvalue weighted by Gasteiger charge is 2.36. The SMILES string of the molecule is Cc1ccc(C)c(NC2CS(=O)(=O)CC2O)c1. The number of aryl methyl sites for hydroxylation is 2. The minimum atomic E-state index is -3.10. The summed E-state index contributed by atoms with van der Waals surface area (Å²) in [6.07, 6.45) is -0.820. The Balaban J connectivity index is 2.19. The minimum Gasteiger partial charge on any atom is -0.390 e. The lowest BCUT2D eigenvalue weighted by atomic mass is 10.1. The molecule has 1 aliphatic heterocycles. The van der Waals surface area contributed by atoms with Crippen LogP contribution in [0.2, 0.25) is 0 Å². The van der Waals surface area contributed by atoms with Crippen molar-refractivity contribution in [1.29, 1.82) is 0 Å². The Labute approximate surface area is 102 Å². The molecule has 1 aromatic carbocycles. The molecule has 0 saturated carbocycles. The standard InChI is InChI=1S/C12H17NO3S/c1-8-3-4-9(2)10(5-8)13-11-6-17(15,16)7-12(11)14/h3-5,11-14H,6-7H2,1-2H3. The molecule has 4 nitrogen and oxygen atoms in total. The maximum atomic E-state index is 11.4. The number of sulfone groups is 1.